The Morgan fingerprint density at radius 2 is 0.902 bits per heavy atom. The summed E-state index contributed by atoms with van der Waals surface area (Å²) in [4.78, 5) is 123. The minimum Gasteiger partial charge on any atom is -0.494 e. The molecule has 550 valence electrons. The normalized spacial score (nSPS) is 14.1. The van der Waals surface area contributed by atoms with Crippen molar-refractivity contribution in [3.63, 3.8) is 0 Å². The van der Waals surface area contributed by atoms with Crippen molar-refractivity contribution in [1.82, 2.24) is 31.4 Å². The van der Waals surface area contributed by atoms with Gasteiger partial charge in [-0.05, 0) is 149 Å². The van der Waals surface area contributed by atoms with Gasteiger partial charge >= 0.3 is 20.2 Å². The molecule has 8 rings (SSSR count). The van der Waals surface area contributed by atoms with E-state index < -0.39 is 67.7 Å². The molecule has 4 atom stereocenters. The lowest BCUT2D eigenvalue weighted by molar-refractivity contribution is -0.171. The van der Waals surface area contributed by atoms with E-state index in [2.05, 4.69) is 31.1 Å². The van der Waals surface area contributed by atoms with Crippen LogP contribution >= 0.6 is 8.25 Å². The van der Waals surface area contributed by atoms with E-state index in [0.29, 0.717) is 98.7 Å². The first kappa shape index (κ1) is 77.9. The number of rotatable bonds is 40. The maximum Gasteiger partial charge on any atom is 0.418 e. The molecule has 2 saturated heterocycles. The number of unbranched alkanes of at least 4 members (excludes halogenated alkanes) is 4. The van der Waals surface area contributed by atoms with Crippen molar-refractivity contribution in [2.45, 2.75) is 132 Å². The molecule has 4 aromatic carbocycles. The number of benzene rings is 4. The maximum absolute atomic E-state index is 14.0. The number of nitrogens with zero attached hydrogens (tertiary/aromatic N) is 4. The maximum atomic E-state index is 14.0. The van der Waals surface area contributed by atoms with Crippen molar-refractivity contribution < 1.29 is 89.4 Å². The van der Waals surface area contributed by atoms with Gasteiger partial charge in [-0.15, -0.1) is 0 Å². The van der Waals surface area contributed by atoms with Crippen molar-refractivity contribution in [2.75, 3.05) is 89.0 Å². The molecule has 0 unspecified atom stereocenters. The molecular weight excluding hydrogens is 1340 g/mol. The molecule has 0 saturated carbocycles. The summed E-state index contributed by atoms with van der Waals surface area (Å²) in [5.74, 6) is -4.38. The second-order valence-electron chi connectivity index (χ2n) is 24.5. The van der Waals surface area contributed by atoms with Crippen LogP contribution in [0.5, 0.6) is 23.0 Å². The number of hydrogen-bond donors (Lipinski definition) is 4. The molecule has 2 fully saturated rings. The van der Waals surface area contributed by atoms with Crippen molar-refractivity contribution in [3.8, 4) is 45.6 Å². The molecule has 0 aliphatic carbocycles. The van der Waals surface area contributed by atoms with E-state index >= 15 is 0 Å². The van der Waals surface area contributed by atoms with Gasteiger partial charge < -0.3 is 77.6 Å². The van der Waals surface area contributed by atoms with E-state index in [-0.39, 0.29) is 85.1 Å². The van der Waals surface area contributed by atoms with Crippen LogP contribution in [0.2, 0.25) is 0 Å². The predicted molar refractivity (Wildman–Crippen MR) is 380 cm³/mol. The Bertz CT molecular complexity index is 3590. The van der Waals surface area contributed by atoms with E-state index in [9.17, 15) is 42.9 Å². The summed E-state index contributed by atoms with van der Waals surface area (Å²) in [5.41, 5.74) is 4.52. The van der Waals surface area contributed by atoms with Crippen LogP contribution in [-0.4, -0.2) is 150 Å². The number of carbonyl (C=O) groups excluding carboxylic acids is 8. The first-order valence-electron chi connectivity index (χ1n) is 35.0. The number of furan rings is 2. The zero-order chi connectivity index (χ0) is 73.1. The Morgan fingerprint density at radius 3 is 1.25 bits per heavy atom. The molecule has 6 amide bonds. The molecule has 0 spiro atoms. The number of ether oxygens (including phenoxy) is 4. The number of amides is 6. The van der Waals surface area contributed by atoms with E-state index in [1.165, 1.54) is 36.4 Å². The number of carbonyl (C=O) groups is 8. The highest BCUT2D eigenvalue weighted by Gasteiger charge is 2.36. The molecule has 2 aromatic heterocycles. The lowest BCUT2D eigenvalue weighted by Crippen LogP contribution is -2.49. The van der Waals surface area contributed by atoms with Crippen LogP contribution in [0.3, 0.4) is 0 Å². The fourth-order valence-corrected chi connectivity index (χ4v) is 12.9. The van der Waals surface area contributed by atoms with Gasteiger partial charge in [0.25, 0.3) is 11.8 Å². The number of nitrogens with one attached hydrogen (secondary N) is 4. The van der Waals surface area contributed by atoms with E-state index in [1.54, 1.807) is 77.9 Å². The average molecular weight is 1430 g/mol. The van der Waals surface area contributed by atoms with Gasteiger partial charge in [-0.2, -0.15) is 10.1 Å². The molecule has 4 N–H and O–H groups in total. The standard InChI is InChI=1S/C74H95N8O19P/c1-9-15-17-19-61(63(11-3)81(47-83)98-73(89)59-23-21-53(37-49(59)7)79-29-33-92-34-30-79)69(85)75-45-77-71(87)67-27-25-65(96-67)51-39-55(94-13-5)43-57(41-51)100-102(91)101-58-42-52(40-56(44-58)95-14-6)66-26-28-68(97-66)72(88)78-46-76-70(86)62(20-18-16-10-2)64(12-4)82(48-84)99-74(90)60-24-22-54(38-50(60)8)80-31-35-93-36-32-80/h21-28,37-44,47-48,61-64,102H,9-20,29-36,45-46H2,1-8H3,(H,75,85)(H,76,86)(H,77,87)(H,78,88)/t61-,62-,63-,64-/m1/s1. The molecule has 2 aliphatic rings. The van der Waals surface area contributed by atoms with Crippen LogP contribution in [-0.2, 0) is 42.9 Å². The fourth-order valence-electron chi connectivity index (χ4n) is 12.3. The lowest BCUT2D eigenvalue weighted by atomic mass is 9.90. The van der Waals surface area contributed by atoms with Crippen LogP contribution in [0.25, 0.3) is 22.6 Å². The van der Waals surface area contributed by atoms with Crippen LogP contribution in [0.1, 0.15) is 159 Å². The van der Waals surface area contributed by atoms with Crippen molar-refractivity contribution in [2.24, 2.45) is 11.8 Å². The fraction of sp³-hybridized carbons (Fsp3) is 0.459. The average Bonchev–Trinajstić information content (AvgIpc) is 1.41. The van der Waals surface area contributed by atoms with Crippen molar-refractivity contribution in [1.29, 1.82) is 0 Å². The number of hydrogen-bond acceptors (Lipinski definition) is 21. The van der Waals surface area contributed by atoms with Crippen LogP contribution in [0, 0.1) is 25.7 Å². The van der Waals surface area contributed by atoms with Gasteiger partial charge in [-0.1, -0.05) is 66.2 Å². The van der Waals surface area contributed by atoms with Crippen LogP contribution in [0.15, 0.2) is 106 Å². The predicted octanol–water partition coefficient (Wildman–Crippen LogP) is 11.2. The monoisotopic (exact) mass is 1430 g/mol. The summed E-state index contributed by atoms with van der Waals surface area (Å²) < 4.78 is 60.1. The van der Waals surface area contributed by atoms with Crippen LogP contribution < -0.4 is 49.6 Å². The molecular formula is C74H95N8O19P. The zero-order valence-corrected chi connectivity index (χ0v) is 60.3. The summed E-state index contributed by atoms with van der Waals surface area (Å²) in [6.07, 6.45) is 6.77. The second-order valence-corrected chi connectivity index (χ2v) is 25.4. The lowest BCUT2D eigenvalue weighted by Gasteiger charge is -2.32. The largest absolute Gasteiger partial charge is 0.494 e. The molecule has 0 bridgehead atoms. The number of aryl methyl sites for hydroxylation is 2. The third kappa shape index (κ3) is 21.6. The molecule has 6 aromatic rings. The number of hydroxylamine groups is 4. The van der Waals surface area contributed by atoms with Gasteiger partial charge in [0, 0.05) is 60.8 Å². The minimum absolute atomic E-state index is 0.0668. The highest BCUT2D eigenvalue weighted by atomic mass is 31.1. The smallest absolute Gasteiger partial charge is 0.418 e. The van der Waals surface area contributed by atoms with E-state index in [0.717, 1.165) is 73.4 Å². The topological polar surface area (TPSA) is 315 Å². The van der Waals surface area contributed by atoms with E-state index in [4.69, 9.17) is 46.5 Å². The Hall–Kier alpha value is -9.85. The minimum atomic E-state index is -3.41. The molecule has 102 heavy (non-hydrogen) atoms. The summed E-state index contributed by atoms with van der Waals surface area (Å²) in [7, 11) is -3.41. The van der Waals surface area contributed by atoms with Gasteiger partial charge in [0.1, 0.15) is 34.5 Å². The third-order valence-corrected chi connectivity index (χ3v) is 18.4. The third-order valence-electron chi connectivity index (χ3n) is 17.6. The Kier molecular flexibility index (Phi) is 30.1. The molecule has 2 aliphatic heterocycles. The first-order chi connectivity index (χ1) is 49.4. The SMILES string of the molecule is CCCCC[C@@H](C(=O)NCNC(=O)c1ccc(-c2cc(OCC)cc(O[PH](=O)Oc3cc(OCC)cc(-c4ccc(C(=O)NCNC(=O)[C@H](CCCCC)[C@@H](CC)N(C=O)OC(=O)c5ccc(N6CCOCC6)cc5C)o4)c3)c2)o1)[C@@H](CC)N(C=O)OC(=O)c1ccc(N2CCOCC2)cc1C. The summed E-state index contributed by atoms with van der Waals surface area (Å²) >= 11 is 0. The van der Waals surface area contributed by atoms with Crippen molar-refractivity contribution in [3.05, 3.63) is 131 Å². The molecule has 27 nitrogen and oxygen atoms in total. The van der Waals surface area contributed by atoms with Crippen LogP contribution in [0.4, 0.5) is 11.4 Å². The Balaban J connectivity index is 0.860. The van der Waals surface area contributed by atoms with Gasteiger partial charge in [-0.25, -0.2) is 14.2 Å². The summed E-state index contributed by atoms with van der Waals surface area (Å²) in [5, 5.41) is 12.7. The van der Waals surface area contributed by atoms with Gasteiger partial charge in [0.15, 0.2) is 11.5 Å². The number of morpholine rings is 2. The Labute approximate surface area is 595 Å². The van der Waals surface area contributed by atoms with Crippen molar-refractivity contribution >= 4 is 68.0 Å². The summed E-state index contributed by atoms with van der Waals surface area (Å²) in [6.45, 7) is 19.9. The Morgan fingerprint density at radius 1 is 0.510 bits per heavy atom. The number of anilines is 2. The second kappa shape index (κ2) is 39.4. The van der Waals surface area contributed by atoms with Gasteiger partial charge in [0.05, 0.1) is 88.0 Å². The zero-order valence-electron chi connectivity index (χ0n) is 59.3. The van der Waals surface area contributed by atoms with Gasteiger partial charge in [0.2, 0.25) is 24.6 Å². The first-order valence-corrected chi connectivity index (χ1v) is 36.2. The quantitative estimate of drug-likeness (QED) is 0.00913. The molecule has 4 heterocycles. The molecule has 28 heteroatoms. The van der Waals surface area contributed by atoms with E-state index in [1.807, 2.05) is 38.1 Å². The highest BCUT2D eigenvalue weighted by molar-refractivity contribution is 7.34. The molecule has 0 radical (unpaired) electrons. The van der Waals surface area contributed by atoms with Gasteiger partial charge in [-0.3, -0.25) is 28.8 Å². The summed E-state index contributed by atoms with van der Waals surface area (Å²) in [6, 6.07) is 24.4. The highest BCUT2D eigenvalue weighted by Crippen LogP contribution is 2.40.